The molecule has 98 valence electrons. The van der Waals surface area contributed by atoms with Crippen LogP contribution in [0.2, 0.25) is 0 Å². The van der Waals surface area contributed by atoms with Gasteiger partial charge in [0.1, 0.15) is 12.4 Å². The zero-order chi connectivity index (χ0) is 13.5. The van der Waals surface area contributed by atoms with Crippen LogP contribution in [0, 0.1) is 0 Å². The molecule has 3 N–H and O–H groups in total. The van der Waals surface area contributed by atoms with Crippen LogP contribution in [0.4, 0.5) is 5.69 Å². The number of amides is 1. The summed E-state index contributed by atoms with van der Waals surface area (Å²) >= 11 is 0. The van der Waals surface area contributed by atoms with Crippen molar-refractivity contribution in [1.29, 1.82) is 0 Å². The predicted molar refractivity (Wildman–Crippen MR) is 66.4 cm³/mol. The van der Waals surface area contributed by atoms with Crippen LogP contribution >= 0.6 is 0 Å². The van der Waals surface area contributed by atoms with E-state index in [1.165, 1.54) is 14.2 Å². The van der Waals surface area contributed by atoms with Crippen molar-refractivity contribution in [2.24, 2.45) is 0 Å². The highest BCUT2D eigenvalue weighted by Crippen LogP contribution is 2.25. The summed E-state index contributed by atoms with van der Waals surface area (Å²) in [7, 11) is 2.98. The van der Waals surface area contributed by atoms with Gasteiger partial charge >= 0.3 is 5.97 Å². The van der Waals surface area contributed by atoms with Crippen molar-refractivity contribution in [3.63, 3.8) is 0 Å². The highest BCUT2D eigenvalue weighted by molar-refractivity contribution is 5.96. The molecule has 18 heavy (non-hydrogen) atoms. The number of benzene rings is 1. The first kappa shape index (κ1) is 13.8. The number of carbonyl (C=O) groups excluding carboxylic acids is 2. The van der Waals surface area contributed by atoms with E-state index < -0.39 is 5.97 Å². The normalized spacial score (nSPS) is 9.67. The number of esters is 1. The molecule has 0 fully saturated rings. The van der Waals surface area contributed by atoms with Crippen molar-refractivity contribution in [1.82, 2.24) is 5.32 Å². The van der Waals surface area contributed by atoms with E-state index in [0.29, 0.717) is 5.75 Å². The molecule has 0 aliphatic heterocycles. The number of rotatable bonds is 5. The van der Waals surface area contributed by atoms with E-state index in [1.54, 1.807) is 18.2 Å². The van der Waals surface area contributed by atoms with Crippen molar-refractivity contribution in [2.45, 2.75) is 6.42 Å². The van der Waals surface area contributed by atoms with E-state index in [2.05, 4.69) is 5.32 Å². The molecule has 0 spiro atoms. The number of nitrogen functional groups attached to an aromatic ring is 1. The van der Waals surface area contributed by atoms with Gasteiger partial charge in [0.15, 0.2) is 0 Å². The summed E-state index contributed by atoms with van der Waals surface area (Å²) in [4.78, 5) is 22.7. The molecule has 0 saturated heterocycles. The van der Waals surface area contributed by atoms with Crippen LogP contribution in [-0.2, 0) is 9.53 Å². The predicted octanol–water partition coefficient (Wildman–Crippen LogP) is 0.570. The van der Waals surface area contributed by atoms with Crippen LogP contribution in [0.3, 0.4) is 0 Å². The number of para-hydroxylation sites is 1. The molecule has 0 aromatic heterocycles. The molecule has 0 heterocycles. The number of carbonyl (C=O) groups is 2. The molecule has 0 aliphatic rings. The van der Waals surface area contributed by atoms with E-state index >= 15 is 0 Å². The first-order valence-corrected chi connectivity index (χ1v) is 5.40. The van der Waals surface area contributed by atoms with Gasteiger partial charge in [0.25, 0.3) is 0 Å². The number of nitrogens with one attached hydrogen (secondary N) is 1. The van der Waals surface area contributed by atoms with Gasteiger partial charge in [-0.05, 0) is 12.1 Å². The average molecular weight is 252 g/mol. The molecule has 1 aromatic carbocycles. The van der Waals surface area contributed by atoms with Gasteiger partial charge in [0.05, 0.1) is 24.8 Å². The van der Waals surface area contributed by atoms with Crippen molar-refractivity contribution >= 4 is 17.6 Å². The summed E-state index contributed by atoms with van der Waals surface area (Å²) in [6.45, 7) is 0.00908. The van der Waals surface area contributed by atoms with Crippen LogP contribution < -0.4 is 15.8 Å². The van der Waals surface area contributed by atoms with Crippen LogP contribution in [0.5, 0.6) is 5.75 Å². The second-order valence-electron chi connectivity index (χ2n) is 3.48. The minimum absolute atomic E-state index is 0.00908. The molecule has 0 radical (unpaired) electrons. The summed E-state index contributed by atoms with van der Waals surface area (Å²) in [5, 5.41) is 2.43. The number of hydrogen-bond donors (Lipinski definition) is 2. The fourth-order valence-corrected chi connectivity index (χ4v) is 1.34. The third kappa shape index (κ3) is 3.38. The molecule has 1 amide bonds. The summed E-state index contributed by atoms with van der Waals surface area (Å²) in [6.07, 6.45) is 0.117. The van der Waals surface area contributed by atoms with Crippen molar-refractivity contribution in [2.75, 3.05) is 26.5 Å². The Balaban J connectivity index is 2.64. The molecule has 1 rings (SSSR count). The third-order valence-corrected chi connectivity index (χ3v) is 2.35. The Bertz CT molecular complexity index is 446. The molecule has 0 saturated carbocycles. The number of ether oxygens (including phenoxy) is 2. The van der Waals surface area contributed by atoms with Gasteiger partial charge in [-0.3, -0.25) is 4.79 Å². The SMILES string of the molecule is CNC(=O)CCOC(=O)c1cccc(OC)c1N. The largest absolute Gasteiger partial charge is 0.495 e. The molecule has 6 heteroatoms. The first-order chi connectivity index (χ1) is 8.60. The van der Waals surface area contributed by atoms with Gasteiger partial charge < -0.3 is 20.5 Å². The van der Waals surface area contributed by atoms with Crippen molar-refractivity contribution in [3.8, 4) is 5.75 Å². The minimum atomic E-state index is -0.574. The Morgan fingerprint density at radius 1 is 1.39 bits per heavy atom. The van der Waals surface area contributed by atoms with Crippen LogP contribution in [0.1, 0.15) is 16.8 Å². The van der Waals surface area contributed by atoms with Gasteiger partial charge in [-0.15, -0.1) is 0 Å². The second-order valence-corrected chi connectivity index (χ2v) is 3.48. The number of nitrogens with two attached hydrogens (primary N) is 1. The highest BCUT2D eigenvalue weighted by atomic mass is 16.5. The van der Waals surface area contributed by atoms with Gasteiger partial charge in [-0.2, -0.15) is 0 Å². The summed E-state index contributed by atoms with van der Waals surface area (Å²) < 4.78 is 9.94. The van der Waals surface area contributed by atoms with E-state index in [0.717, 1.165) is 0 Å². The zero-order valence-corrected chi connectivity index (χ0v) is 10.4. The zero-order valence-electron chi connectivity index (χ0n) is 10.4. The van der Waals surface area contributed by atoms with E-state index in [1.807, 2.05) is 0 Å². The smallest absolute Gasteiger partial charge is 0.340 e. The van der Waals surface area contributed by atoms with Crippen molar-refractivity contribution in [3.05, 3.63) is 23.8 Å². The van der Waals surface area contributed by atoms with Gasteiger partial charge in [0.2, 0.25) is 5.91 Å². The minimum Gasteiger partial charge on any atom is -0.495 e. The number of methoxy groups -OCH3 is 1. The third-order valence-electron chi connectivity index (χ3n) is 2.35. The summed E-state index contributed by atoms with van der Waals surface area (Å²) in [5.74, 6) is -0.354. The van der Waals surface area contributed by atoms with Crippen molar-refractivity contribution < 1.29 is 19.1 Å². The standard InChI is InChI=1S/C12H16N2O4/c1-14-10(15)6-7-18-12(16)8-4-3-5-9(17-2)11(8)13/h3-5H,6-7,13H2,1-2H3,(H,14,15). The maximum absolute atomic E-state index is 11.7. The Hall–Kier alpha value is -2.24. The second kappa shape index (κ2) is 6.48. The Labute approximate surface area is 105 Å². The molecule has 0 bridgehead atoms. The molecule has 0 aliphatic carbocycles. The molecular formula is C12H16N2O4. The lowest BCUT2D eigenvalue weighted by Crippen LogP contribution is -2.20. The Morgan fingerprint density at radius 3 is 2.72 bits per heavy atom. The maximum atomic E-state index is 11.7. The Morgan fingerprint density at radius 2 is 2.11 bits per heavy atom. The molecule has 0 unspecified atom stereocenters. The van der Waals surface area contributed by atoms with E-state index in [9.17, 15) is 9.59 Å². The number of anilines is 1. The molecule has 0 atom stereocenters. The van der Waals surface area contributed by atoms with Gasteiger partial charge in [-0.25, -0.2) is 4.79 Å². The van der Waals surface area contributed by atoms with E-state index in [-0.39, 0.29) is 30.2 Å². The molecule has 1 aromatic rings. The lowest BCUT2D eigenvalue weighted by atomic mass is 10.1. The van der Waals surface area contributed by atoms with Crippen LogP contribution in [-0.4, -0.2) is 32.6 Å². The van der Waals surface area contributed by atoms with E-state index in [4.69, 9.17) is 15.2 Å². The summed E-state index contributed by atoms with van der Waals surface area (Å²) in [6, 6.07) is 4.83. The van der Waals surface area contributed by atoms with Gasteiger partial charge in [-0.1, -0.05) is 6.07 Å². The highest BCUT2D eigenvalue weighted by Gasteiger charge is 2.14. The molecule has 6 nitrogen and oxygen atoms in total. The monoisotopic (exact) mass is 252 g/mol. The lowest BCUT2D eigenvalue weighted by Gasteiger charge is -2.09. The number of hydrogen-bond acceptors (Lipinski definition) is 5. The Kier molecular flexibility index (Phi) is 4.98. The fraction of sp³-hybridized carbons (Fsp3) is 0.333. The average Bonchev–Trinajstić information content (AvgIpc) is 2.38. The quantitative estimate of drug-likeness (QED) is 0.590. The van der Waals surface area contributed by atoms with Gasteiger partial charge in [0, 0.05) is 7.05 Å². The maximum Gasteiger partial charge on any atom is 0.340 e. The lowest BCUT2D eigenvalue weighted by molar-refractivity contribution is -0.121. The topological polar surface area (TPSA) is 90.6 Å². The molecular weight excluding hydrogens is 236 g/mol. The fourth-order valence-electron chi connectivity index (χ4n) is 1.34. The summed E-state index contributed by atoms with van der Waals surface area (Å²) in [5.41, 5.74) is 6.20. The van der Waals surface area contributed by atoms with Crippen LogP contribution in [0.25, 0.3) is 0 Å². The van der Waals surface area contributed by atoms with Crippen LogP contribution in [0.15, 0.2) is 18.2 Å². The first-order valence-electron chi connectivity index (χ1n) is 5.40.